The Balaban J connectivity index is 2.20. The van der Waals surface area contributed by atoms with E-state index in [-0.39, 0.29) is 24.5 Å². The van der Waals surface area contributed by atoms with Crippen molar-refractivity contribution in [1.82, 2.24) is 4.31 Å². The Kier molecular flexibility index (Phi) is 6.21. The molecule has 0 bridgehead atoms. The van der Waals surface area contributed by atoms with Gasteiger partial charge in [-0.2, -0.15) is 17.5 Å². The molecule has 0 amide bonds. The summed E-state index contributed by atoms with van der Waals surface area (Å²) in [6, 6.07) is 12.8. The molecule has 2 N–H and O–H groups in total. The number of alkyl halides is 3. The predicted molar refractivity (Wildman–Crippen MR) is 89.4 cm³/mol. The van der Waals surface area contributed by atoms with Gasteiger partial charge in [0.15, 0.2) is 0 Å². The minimum Gasteiger partial charge on any atom is -0.329 e. The zero-order valence-corrected chi connectivity index (χ0v) is 14.2. The summed E-state index contributed by atoms with van der Waals surface area (Å²) in [5.41, 5.74) is 5.58. The number of hydrogen-bond acceptors (Lipinski definition) is 3. The molecule has 0 heterocycles. The van der Waals surface area contributed by atoms with Crippen LogP contribution in [0.25, 0.3) is 0 Å². The van der Waals surface area contributed by atoms with E-state index < -0.39 is 21.8 Å². The van der Waals surface area contributed by atoms with Crippen molar-refractivity contribution in [2.24, 2.45) is 5.73 Å². The topological polar surface area (TPSA) is 63.4 Å². The molecule has 0 fully saturated rings. The number of hydrogen-bond donors (Lipinski definition) is 1. The Hall–Kier alpha value is -1.90. The van der Waals surface area contributed by atoms with Crippen molar-refractivity contribution >= 4 is 10.0 Å². The van der Waals surface area contributed by atoms with E-state index in [4.69, 9.17) is 5.73 Å². The standard InChI is InChI=1S/C17H19F3N2O2S/c18-17(19,20)15-6-8-16(9-7-15)25(23,24)22(13-11-21)12-10-14-4-2-1-3-5-14/h1-9H,10-13,21H2. The maximum absolute atomic E-state index is 12.7. The molecule has 25 heavy (non-hydrogen) atoms. The molecule has 2 rings (SSSR count). The SMILES string of the molecule is NCCN(CCc1ccccc1)S(=O)(=O)c1ccc(C(F)(F)F)cc1. The fourth-order valence-electron chi connectivity index (χ4n) is 2.36. The number of sulfonamides is 1. The molecule has 2 aromatic carbocycles. The molecule has 0 aliphatic carbocycles. The third kappa shape index (κ3) is 5.04. The third-order valence-corrected chi connectivity index (χ3v) is 5.60. The summed E-state index contributed by atoms with van der Waals surface area (Å²) in [6.07, 6.45) is -4.02. The van der Waals surface area contributed by atoms with Crippen LogP contribution in [0.15, 0.2) is 59.5 Å². The van der Waals surface area contributed by atoms with Crippen LogP contribution in [0.3, 0.4) is 0 Å². The van der Waals surface area contributed by atoms with Crippen LogP contribution in [0, 0.1) is 0 Å². The van der Waals surface area contributed by atoms with Crippen molar-refractivity contribution in [3.63, 3.8) is 0 Å². The van der Waals surface area contributed by atoms with E-state index in [0.29, 0.717) is 6.42 Å². The maximum Gasteiger partial charge on any atom is 0.416 e. The first kappa shape index (κ1) is 19.4. The molecule has 0 spiro atoms. The highest BCUT2D eigenvalue weighted by Crippen LogP contribution is 2.30. The average Bonchev–Trinajstić information content (AvgIpc) is 2.58. The highest BCUT2D eigenvalue weighted by molar-refractivity contribution is 7.89. The molecule has 4 nitrogen and oxygen atoms in total. The lowest BCUT2D eigenvalue weighted by Crippen LogP contribution is -2.37. The molecular formula is C17H19F3N2O2S. The second-order valence-electron chi connectivity index (χ2n) is 5.45. The summed E-state index contributed by atoms with van der Waals surface area (Å²) in [4.78, 5) is -0.179. The van der Waals surface area contributed by atoms with Crippen molar-refractivity contribution in [2.75, 3.05) is 19.6 Å². The number of nitrogens with zero attached hydrogens (tertiary/aromatic N) is 1. The van der Waals surface area contributed by atoms with E-state index in [0.717, 1.165) is 29.8 Å². The Labute approximate surface area is 145 Å². The summed E-state index contributed by atoms with van der Waals surface area (Å²) in [6.45, 7) is 0.412. The normalized spacial score (nSPS) is 12.5. The van der Waals surface area contributed by atoms with Crippen LogP contribution in [-0.2, 0) is 22.6 Å². The van der Waals surface area contributed by atoms with Crippen molar-refractivity contribution in [2.45, 2.75) is 17.5 Å². The molecule has 0 radical (unpaired) electrons. The van der Waals surface area contributed by atoms with E-state index >= 15 is 0 Å². The van der Waals surface area contributed by atoms with Gasteiger partial charge in [-0.25, -0.2) is 8.42 Å². The second-order valence-corrected chi connectivity index (χ2v) is 7.39. The van der Waals surface area contributed by atoms with Gasteiger partial charge in [0.2, 0.25) is 10.0 Å². The van der Waals surface area contributed by atoms with Gasteiger partial charge in [0.1, 0.15) is 0 Å². The molecular weight excluding hydrogens is 353 g/mol. The first-order valence-corrected chi connectivity index (χ1v) is 9.10. The van der Waals surface area contributed by atoms with Crippen LogP contribution in [-0.4, -0.2) is 32.4 Å². The molecule has 2 aromatic rings. The van der Waals surface area contributed by atoms with E-state index in [1.165, 1.54) is 4.31 Å². The van der Waals surface area contributed by atoms with Crippen LogP contribution in [0.5, 0.6) is 0 Å². The van der Waals surface area contributed by atoms with Gasteiger partial charge in [-0.05, 0) is 36.2 Å². The largest absolute Gasteiger partial charge is 0.416 e. The van der Waals surface area contributed by atoms with Crippen LogP contribution < -0.4 is 5.73 Å². The van der Waals surface area contributed by atoms with Crippen molar-refractivity contribution in [3.05, 3.63) is 65.7 Å². The molecule has 0 saturated heterocycles. The molecule has 0 aliphatic rings. The number of halogens is 3. The fourth-order valence-corrected chi connectivity index (χ4v) is 3.82. The fraction of sp³-hybridized carbons (Fsp3) is 0.294. The zero-order valence-electron chi connectivity index (χ0n) is 13.4. The molecule has 0 aromatic heterocycles. The second kappa shape index (κ2) is 7.99. The lowest BCUT2D eigenvalue weighted by Gasteiger charge is -2.22. The van der Waals surface area contributed by atoms with Crippen molar-refractivity contribution < 1.29 is 21.6 Å². The zero-order chi connectivity index (χ0) is 18.5. The molecule has 8 heteroatoms. The van der Waals surface area contributed by atoms with Crippen molar-refractivity contribution in [1.29, 1.82) is 0 Å². The first-order valence-electron chi connectivity index (χ1n) is 7.66. The predicted octanol–water partition coefficient (Wildman–Crippen LogP) is 2.90. The van der Waals surface area contributed by atoms with E-state index in [1.807, 2.05) is 30.3 Å². The molecule has 0 aliphatic heterocycles. The van der Waals surface area contributed by atoms with Crippen LogP contribution >= 0.6 is 0 Å². The Morgan fingerprint density at radius 2 is 1.52 bits per heavy atom. The maximum atomic E-state index is 12.7. The number of nitrogens with two attached hydrogens (primary N) is 1. The highest BCUT2D eigenvalue weighted by atomic mass is 32.2. The lowest BCUT2D eigenvalue weighted by atomic mass is 10.1. The molecule has 0 atom stereocenters. The Bertz CT molecular complexity index is 776. The van der Waals surface area contributed by atoms with Crippen LogP contribution in [0.1, 0.15) is 11.1 Å². The average molecular weight is 372 g/mol. The first-order chi connectivity index (χ1) is 11.7. The highest BCUT2D eigenvalue weighted by Gasteiger charge is 2.31. The van der Waals surface area contributed by atoms with Crippen LogP contribution in [0.4, 0.5) is 13.2 Å². The Morgan fingerprint density at radius 1 is 0.920 bits per heavy atom. The van der Waals surface area contributed by atoms with E-state index in [1.54, 1.807) is 0 Å². The summed E-state index contributed by atoms with van der Waals surface area (Å²) >= 11 is 0. The third-order valence-electron chi connectivity index (χ3n) is 3.69. The molecule has 136 valence electrons. The van der Waals surface area contributed by atoms with Crippen LogP contribution in [0.2, 0.25) is 0 Å². The van der Waals surface area contributed by atoms with Gasteiger partial charge in [-0.1, -0.05) is 30.3 Å². The smallest absolute Gasteiger partial charge is 0.329 e. The molecule has 0 saturated carbocycles. The minimum absolute atomic E-state index is 0.0934. The van der Waals surface area contributed by atoms with Gasteiger partial charge in [0, 0.05) is 19.6 Å². The van der Waals surface area contributed by atoms with E-state index in [9.17, 15) is 21.6 Å². The van der Waals surface area contributed by atoms with Gasteiger partial charge >= 0.3 is 6.18 Å². The summed E-state index contributed by atoms with van der Waals surface area (Å²) < 4.78 is 64.5. The quantitative estimate of drug-likeness (QED) is 0.813. The van der Waals surface area contributed by atoms with E-state index in [2.05, 4.69) is 0 Å². The van der Waals surface area contributed by atoms with Gasteiger partial charge in [0.05, 0.1) is 10.5 Å². The number of benzene rings is 2. The Morgan fingerprint density at radius 3 is 2.04 bits per heavy atom. The lowest BCUT2D eigenvalue weighted by molar-refractivity contribution is -0.137. The van der Waals surface area contributed by atoms with Gasteiger partial charge < -0.3 is 5.73 Å². The van der Waals surface area contributed by atoms with Gasteiger partial charge in [-0.15, -0.1) is 0 Å². The number of rotatable bonds is 7. The molecule has 0 unspecified atom stereocenters. The minimum atomic E-state index is -4.51. The van der Waals surface area contributed by atoms with Gasteiger partial charge in [0.25, 0.3) is 0 Å². The van der Waals surface area contributed by atoms with Crippen molar-refractivity contribution in [3.8, 4) is 0 Å². The monoisotopic (exact) mass is 372 g/mol. The summed E-state index contributed by atoms with van der Waals surface area (Å²) in [5.74, 6) is 0. The summed E-state index contributed by atoms with van der Waals surface area (Å²) in [7, 11) is -3.91. The summed E-state index contributed by atoms with van der Waals surface area (Å²) in [5, 5.41) is 0. The van der Waals surface area contributed by atoms with Gasteiger partial charge in [-0.3, -0.25) is 0 Å².